The molecule has 5 nitrogen and oxygen atoms in total. The summed E-state index contributed by atoms with van der Waals surface area (Å²) < 4.78 is 5.24. The summed E-state index contributed by atoms with van der Waals surface area (Å²) in [4.78, 5) is 3.87. The molecule has 15 heavy (non-hydrogen) atoms. The first-order chi connectivity index (χ1) is 7.29. The Labute approximate surface area is 87.9 Å². The predicted molar refractivity (Wildman–Crippen MR) is 56.2 cm³/mol. The molecule has 0 amide bonds. The van der Waals surface area contributed by atoms with Gasteiger partial charge in [-0.3, -0.25) is 0 Å². The van der Waals surface area contributed by atoms with Gasteiger partial charge in [-0.2, -0.15) is 5.26 Å². The zero-order valence-corrected chi connectivity index (χ0v) is 8.23. The van der Waals surface area contributed by atoms with Crippen LogP contribution in [0.2, 0.25) is 0 Å². The average molecular weight is 204 g/mol. The highest BCUT2D eigenvalue weighted by molar-refractivity contribution is 5.61. The molecule has 1 atom stereocenters. The van der Waals surface area contributed by atoms with Gasteiger partial charge in [0.15, 0.2) is 0 Å². The van der Waals surface area contributed by atoms with E-state index in [1.807, 2.05) is 0 Å². The minimum atomic E-state index is 0.263. The van der Waals surface area contributed by atoms with E-state index in [1.54, 1.807) is 6.07 Å². The number of nitrogens with zero attached hydrogens (tertiary/aromatic N) is 2. The molecule has 1 fully saturated rings. The molecule has 78 valence electrons. The third kappa shape index (κ3) is 2.17. The van der Waals surface area contributed by atoms with Crippen LogP contribution in [0.4, 0.5) is 11.5 Å². The summed E-state index contributed by atoms with van der Waals surface area (Å²) >= 11 is 0. The lowest BCUT2D eigenvalue weighted by molar-refractivity contribution is 0.195. The van der Waals surface area contributed by atoms with Crippen molar-refractivity contribution in [2.45, 2.75) is 12.5 Å². The Bertz CT molecular complexity index is 393. The molecule has 0 aromatic carbocycles. The quantitative estimate of drug-likeness (QED) is 0.742. The first-order valence-corrected chi connectivity index (χ1v) is 4.79. The maximum absolute atomic E-state index is 8.88. The zero-order chi connectivity index (χ0) is 10.7. The molecule has 1 aliphatic rings. The van der Waals surface area contributed by atoms with Crippen LogP contribution in [-0.2, 0) is 4.74 Å². The lowest BCUT2D eigenvalue weighted by Gasteiger charge is -2.13. The third-order valence-corrected chi connectivity index (χ3v) is 2.33. The highest BCUT2D eigenvalue weighted by Gasteiger charge is 2.16. The van der Waals surface area contributed by atoms with Crippen LogP contribution in [0.3, 0.4) is 0 Å². The van der Waals surface area contributed by atoms with Crippen molar-refractivity contribution in [3.63, 3.8) is 0 Å². The van der Waals surface area contributed by atoms with E-state index in [9.17, 15) is 0 Å². The maximum atomic E-state index is 8.88. The minimum Gasteiger partial charge on any atom is -0.384 e. The van der Waals surface area contributed by atoms with Crippen molar-refractivity contribution in [1.82, 2.24) is 4.98 Å². The fourth-order valence-electron chi connectivity index (χ4n) is 1.55. The van der Waals surface area contributed by atoms with Gasteiger partial charge in [0.2, 0.25) is 0 Å². The monoisotopic (exact) mass is 204 g/mol. The summed E-state index contributed by atoms with van der Waals surface area (Å²) in [7, 11) is 0. The summed E-state index contributed by atoms with van der Waals surface area (Å²) in [6.07, 6.45) is 2.43. The summed E-state index contributed by atoms with van der Waals surface area (Å²) in [5.41, 5.74) is 6.81. The lowest BCUT2D eigenvalue weighted by atomic mass is 10.2. The Kier molecular flexibility index (Phi) is 2.70. The number of aromatic nitrogens is 1. The molecule has 1 aliphatic heterocycles. The second kappa shape index (κ2) is 4.15. The number of hydrogen-bond acceptors (Lipinski definition) is 5. The van der Waals surface area contributed by atoms with Gasteiger partial charge in [-0.1, -0.05) is 0 Å². The molecule has 0 saturated carbocycles. The van der Waals surface area contributed by atoms with Gasteiger partial charge in [0, 0.05) is 18.9 Å². The van der Waals surface area contributed by atoms with E-state index in [2.05, 4.69) is 16.4 Å². The van der Waals surface area contributed by atoms with Crippen molar-refractivity contribution < 1.29 is 4.74 Å². The highest BCUT2D eigenvalue weighted by atomic mass is 16.5. The third-order valence-electron chi connectivity index (χ3n) is 2.33. The Morgan fingerprint density at radius 3 is 3.20 bits per heavy atom. The number of anilines is 2. The maximum Gasteiger partial charge on any atom is 0.125 e. The summed E-state index contributed by atoms with van der Waals surface area (Å²) in [5, 5.41) is 12.1. The van der Waals surface area contributed by atoms with Crippen molar-refractivity contribution in [1.29, 1.82) is 5.26 Å². The van der Waals surface area contributed by atoms with Gasteiger partial charge < -0.3 is 15.8 Å². The van der Waals surface area contributed by atoms with E-state index in [1.165, 1.54) is 6.20 Å². The molecule has 0 bridgehead atoms. The van der Waals surface area contributed by atoms with Gasteiger partial charge in [0.1, 0.15) is 11.9 Å². The highest BCUT2D eigenvalue weighted by Crippen LogP contribution is 2.19. The lowest BCUT2D eigenvalue weighted by Crippen LogP contribution is -2.19. The number of pyridine rings is 1. The van der Waals surface area contributed by atoms with Crippen molar-refractivity contribution in [3.8, 4) is 6.07 Å². The number of nitrogens with one attached hydrogen (secondary N) is 1. The largest absolute Gasteiger partial charge is 0.384 e. The number of hydrogen-bond donors (Lipinski definition) is 2. The van der Waals surface area contributed by atoms with Crippen LogP contribution in [0, 0.1) is 11.3 Å². The Balaban J connectivity index is 2.18. The average Bonchev–Trinajstić information content (AvgIpc) is 2.71. The van der Waals surface area contributed by atoms with E-state index in [-0.39, 0.29) is 6.04 Å². The molecule has 0 unspecified atom stereocenters. The first-order valence-electron chi connectivity index (χ1n) is 4.79. The molecule has 0 radical (unpaired) electrons. The SMILES string of the molecule is N#Cc1cnc(N)cc1N[C@H]1CCOC1. The molecule has 2 rings (SSSR count). The number of nitriles is 1. The van der Waals surface area contributed by atoms with Gasteiger partial charge in [-0.05, 0) is 6.42 Å². The molecule has 0 spiro atoms. The number of nitrogens with two attached hydrogens (primary N) is 1. The van der Waals surface area contributed by atoms with E-state index >= 15 is 0 Å². The zero-order valence-electron chi connectivity index (χ0n) is 8.23. The van der Waals surface area contributed by atoms with E-state index in [4.69, 9.17) is 15.7 Å². The van der Waals surface area contributed by atoms with Gasteiger partial charge >= 0.3 is 0 Å². The molecule has 2 heterocycles. The normalized spacial score (nSPS) is 19.8. The second-order valence-electron chi connectivity index (χ2n) is 3.47. The molecule has 1 aromatic rings. The van der Waals surface area contributed by atoms with Crippen LogP contribution < -0.4 is 11.1 Å². The van der Waals surface area contributed by atoms with Crippen molar-refractivity contribution in [3.05, 3.63) is 17.8 Å². The molecule has 0 aliphatic carbocycles. The predicted octanol–water partition coefficient (Wildman–Crippen LogP) is 0.736. The van der Waals surface area contributed by atoms with E-state index < -0.39 is 0 Å². The van der Waals surface area contributed by atoms with Crippen LogP contribution in [0.15, 0.2) is 12.3 Å². The second-order valence-corrected chi connectivity index (χ2v) is 3.47. The Morgan fingerprint density at radius 1 is 1.67 bits per heavy atom. The van der Waals surface area contributed by atoms with Crippen LogP contribution in [0.5, 0.6) is 0 Å². The van der Waals surface area contributed by atoms with Gasteiger partial charge in [0.25, 0.3) is 0 Å². The van der Waals surface area contributed by atoms with Crippen molar-refractivity contribution >= 4 is 11.5 Å². The molecule has 1 saturated heterocycles. The summed E-state index contributed by atoms with van der Waals surface area (Å²) in [6, 6.07) is 4.02. The van der Waals surface area contributed by atoms with Crippen LogP contribution in [0.25, 0.3) is 0 Å². The topological polar surface area (TPSA) is 84.0 Å². The molecule has 1 aromatic heterocycles. The molecule has 5 heteroatoms. The standard InChI is InChI=1S/C10H12N4O/c11-4-7-5-13-10(12)3-9(7)14-8-1-2-15-6-8/h3,5,8H,1-2,6H2,(H3,12,13,14)/t8-/m0/s1. The Hall–Kier alpha value is -1.80. The van der Waals surface area contributed by atoms with Gasteiger partial charge in [-0.25, -0.2) is 4.98 Å². The minimum absolute atomic E-state index is 0.263. The first kappa shape index (κ1) is 9.74. The van der Waals surface area contributed by atoms with Gasteiger partial charge in [-0.15, -0.1) is 0 Å². The summed E-state index contributed by atoms with van der Waals surface area (Å²) in [6.45, 7) is 1.44. The smallest absolute Gasteiger partial charge is 0.125 e. The molecular formula is C10H12N4O. The number of ether oxygens (including phenoxy) is 1. The molecule has 3 N–H and O–H groups in total. The van der Waals surface area contributed by atoms with E-state index in [0.717, 1.165) is 18.7 Å². The van der Waals surface area contributed by atoms with E-state index in [0.29, 0.717) is 18.0 Å². The number of nitrogen functional groups attached to an aromatic ring is 1. The van der Waals surface area contributed by atoms with Crippen LogP contribution in [0.1, 0.15) is 12.0 Å². The van der Waals surface area contributed by atoms with Crippen LogP contribution >= 0.6 is 0 Å². The number of rotatable bonds is 2. The fourth-order valence-corrected chi connectivity index (χ4v) is 1.55. The van der Waals surface area contributed by atoms with Crippen molar-refractivity contribution in [2.24, 2.45) is 0 Å². The molecular weight excluding hydrogens is 192 g/mol. The summed E-state index contributed by atoms with van der Waals surface area (Å²) in [5.74, 6) is 0.412. The Morgan fingerprint density at radius 2 is 2.53 bits per heavy atom. The fraction of sp³-hybridized carbons (Fsp3) is 0.400. The van der Waals surface area contributed by atoms with Gasteiger partial charge in [0.05, 0.1) is 23.9 Å². The van der Waals surface area contributed by atoms with Crippen LogP contribution in [-0.4, -0.2) is 24.2 Å². The van der Waals surface area contributed by atoms with Crippen molar-refractivity contribution in [2.75, 3.05) is 24.3 Å².